The first-order valence-electron chi connectivity index (χ1n) is 8.26. The summed E-state index contributed by atoms with van der Waals surface area (Å²) in [5, 5.41) is 38.0. The molecule has 0 radical (unpaired) electrons. The number of anilines is 1. The van der Waals surface area contributed by atoms with E-state index in [-0.39, 0.29) is 23.1 Å². The Labute approximate surface area is 164 Å². The Morgan fingerprint density at radius 2 is 2.25 bits per heavy atom. The van der Waals surface area contributed by atoms with E-state index in [0.29, 0.717) is 12.2 Å². The first kappa shape index (κ1) is 19.6. The van der Waals surface area contributed by atoms with Crippen LogP contribution in [0.25, 0.3) is 0 Å². The molecule has 0 bridgehead atoms. The van der Waals surface area contributed by atoms with E-state index >= 15 is 0 Å². The van der Waals surface area contributed by atoms with Crippen molar-refractivity contribution in [2.75, 3.05) is 11.9 Å². The van der Waals surface area contributed by atoms with E-state index in [0.717, 1.165) is 22.5 Å². The van der Waals surface area contributed by atoms with Gasteiger partial charge < -0.3 is 30.6 Å². The number of oxime groups is 1. The fraction of sp³-hybridized carbons (Fsp3) is 0.250. The molecule has 1 aromatic heterocycles. The van der Waals surface area contributed by atoms with E-state index in [1.807, 2.05) is 25.1 Å². The number of carbonyl (C=O) groups is 2. The number of benzene rings is 1. The van der Waals surface area contributed by atoms with Crippen molar-refractivity contribution in [1.82, 2.24) is 10.3 Å². The lowest BCUT2D eigenvalue weighted by Gasteiger charge is -2.29. The lowest BCUT2D eigenvalue weighted by Crippen LogP contribution is -2.54. The Morgan fingerprint density at radius 3 is 2.96 bits per heavy atom. The van der Waals surface area contributed by atoms with Gasteiger partial charge in [0.25, 0.3) is 5.91 Å². The summed E-state index contributed by atoms with van der Waals surface area (Å²) < 4.78 is 5.51. The smallest absolute Gasteiger partial charge is 0.534 e. The minimum Gasteiger partial charge on any atom is -0.534 e. The molecule has 146 valence electrons. The summed E-state index contributed by atoms with van der Waals surface area (Å²) in [4.78, 5) is 27.1. The second-order valence-corrected chi connectivity index (χ2v) is 6.95. The molecule has 2 heterocycles. The molecule has 1 aromatic carbocycles. The van der Waals surface area contributed by atoms with Gasteiger partial charge in [0.1, 0.15) is 18.0 Å². The number of carbonyl (C=O) groups excluding carboxylic acids is 1. The number of carboxylic acids is 1. The summed E-state index contributed by atoms with van der Waals surface area (Å²) in [6, 6.07) is 5.56. The van der Waals surface area contributed by atoms with Gasteiger partial charge in [-0.1, -0.05) is 23.4 Å². The molecule has 0 saturated carbocycles. The monoisotopic (exact) mass is 404 g/mol. The number of carboxylic acid groups (broad SMARTS) is 1. The van der Waals surface area contributed by atoms with Crippen LogP contribution in [0.5, 0.6) is 5.75 Å². The van der Waals surface area contributed by atoms with Crippen molar-refractivity contribution in [3.63, 3.8) is 0 Å². The third kappa shape index (κ3) is 4.23. The average molecular weight is 404 g/mol. The van der Waals surface area contributed by atoms with Crippen molar-refractivity contribution in [2.24, 2.45) is 5.16 Å². The number of nitrogens with zero attached hydrogens (tertiary/aromatic N) is 2. The molecular formula is C16H17BN4O6S. The van der Waals surface area contributed by atoms with Gasteiger partial charge in [-0.05, 0) is 24.5 Å². The second kappa shape index (κ2) is 8.27. The maximum absolute atomic E-state index is 12.5. The molecule has 1 amide bonds. The minimum atomic E-state index is -1.26. The highest BCUT2D eigenvalue weighted by atomic mass is 32.1. The molecule has 1 atom stereocenters. The fourth-order valence-electron chi connectivity index (χ4n) is 2.77. The summed E-state index contributed by atoms with van der Waals surface area (Å²) in [6.45, 7) is 1.52. The first-order valence-corrected chi connectivity index (χ1v) is 9.14. The molecule has 0 unspecified atom stereocenters. The lowest BCUT2D eigenvalue weighted by molar-refractivity contribution is -0.135. The Bertz CT molecular complexity index is 934. The molecule has 0 fully saturated rings. The predicted molar refractivity (Wildman–Crippen MR) is 102 cm³/mol. The normalized spacial score (nSPS) is 16.1. The number of amides is 1. The molecule has 0 saturated heterocycles. The van der Waals surface area contributed by atoms with Crippen LogP contribution in [0.4, 0.5) is 5.13 Å². The average Bonchev–Trinajstić information content (AvgIpc) is 3.11. The van der Waals surface area contributed by atoms with Crippen LogP contribution in [0.15, 0.2) is 28.7 Å². The molecule has 2 aromatic rings. The van der Waals surface area contributed by atoms with Gasteiger partial charge in [0.2, 0.25) is 0 Å². The standard InChI is InChI=1S/C16H17BN4O6S/c1-8-3-2-4-9-5-11(17(25)27-14(8)9)20-15(24)13(21-26)10-7-28-16(19-10)18-6-12(22)23/h2-4,7,11,25-26H,5-6H2,1H3,(H,18,19)(H,20,24)(H,22,23)/b21-13-/t11-/m0/s1. The number of rotatable bonds is 6. The van der Waals surface area contributed by atoms with Crippen LogP contribution >= 0.6 is 11.3 Å². The van der Waals surface area contributed by atoms with Gasteiger partial charge in [-0.25, -0.2) is 4.98 Å². The minimum absolute atomic E-state index is 0.0698. The number of aromatic nitrogens is 1. The molecule has 10 nitrogen and oxygen atoms in total. The largest absolute Gasteiger partial charge is 0.547 e. The number of thiazole rings is 1. The van der Waals surface area contributed by atoms with Gasteiger partial charge in [0.05, 0.1) is 5.94 Å². The van der Waals surface area contributed by atoms with Crippen molar-refractivity contribution in [3.8, 4) is 5.75 Å². The number of para-hydroxylation sites is 1. The van der Waals surface area contributed by atoms with Crippen molar-refractivity contribution in [2.45, 2.75) is 19.3 Å². The van der Waals surface area contributed by atoms with Crippen molar-refractivity contribution in [3.05, 3.63) is 40.4 Å². The van der Waals surface area contributed by atoms with E-state index in [2.05, 4.69) is 20.8 Å². The van der Waals surface area contributed by atoms with Crippen LogP contribution in [0, 0.1) is 6.92 Å². The third-order valence-corrected chi connectivity index (χ3v) is 4.89. The SMILES string of the molecule is Cc1cccc2c1OB(O)[C@@H](NC(=O)/C(=N\O)c1csc(NCC(=O)O)n1)C2. The zero-order chi connectivity index (χ0) is 20.3. The van der Waals surface area contributed by atoms with Gasteiger partial charge in [-0.15, -0.1) is 11.3 Å². The van der Waals surface area contributed by atoms with Gasteiger partial charge in [0.15, 0.2) is 10.8 Å². The van der Waals surface area contributed by atoms with E-state index < -0.39 is 24.9 Å². The molecule has 1 aliphatic rings. The summed E-state index contributed by atoms with van der Waals surface area (Å²) in [7, 11) is -1.26. The van der Waals surface area contributed by atoms with Gasteiger partial charge in [-0.2, -0.15) is 0 Å². The van der Waals surface area contributed by atoms with Crippen LogP contribution in [0.2, 0.25) is 0 Å². The van der Waals surface area contributed by atoms with E-state index in [4.69, 9.17) is 9.76 Å². The van der Waals surface area contributed by atoms with Crippen molar-refractivity contribution in [1.29, 1.82) is 0 Å². The first-order chi connectivity index (χ1) is 13.4. The summed E-state index contributed by atoms with van der Waals surface area (Å²) in [5.41, 5.74) is 1.43. The van der Waals surface area contributed by atoms with E-state index in [1.54, 1.807) is 0 Å². The number of fused-ring (bicyclic) bond motifs is 1. The molecule has 3 rings (SSSR count). The zero-order valence-electron chi connectivity index (χ0n) is 14.7. The Balaban J connectivity index is 1.70. The molecule has 1 aliphatic heterocycles. The molecule has 28 heavy (non-hydrogen) atoms. The van der Waals surface area contributed by atoms with Gasteiger partial charge in [-0.3, -0.25) is 9.59 Å². The molecule has 0 spiro atoms. The third-order valence-electron chi connectivity index (χ3n) is 4.09. The molecule has 12 heteroatoms. The highest BCUT2D eigenvalue weighted by Crippen LogP contribution is 2.29. The van der Waals surface area contributed by atoms with Gasteiger partial charge >= 0.3 is 13.1 Å². The number of hydrogen-bond donors (Lipinski definition) is 5. The second-order valence-electron chi connectivity index (χ2n) is 6.09. The molecule has 0 aliphatic carbocycles. The van der Waals surface area contributed by atoms with Crippen molar-refractivity contribution < 1.29 is 29.6 Å². The Hall–Kier alpha value is -3.12. The molecular weight excluding hydrogens is 387 g/mol. The van der Waals surface area contributed by atoms with Crippen molar-refractivity contribution >= 4 is 41.2 Å². The summed E-state index contributed by atoms with van der Waals surface area (Å²) in [5.74, 6) is -1.97. The number of hydrogen-bond acceptors (Lipinski definition) is 9. The van der Waals surface area contributed by atoms with E-state index in [9.17, 15) is 19.8 Å². The van der Waals surface area contributed by atoms with Crippen LogP contribution in [0.1, 0.15) is 16.8 Å². The maximum atomic E-state index is 12.5. The quantitative estimate of drug-likeness (QED) is 0.199. The van der Waals surface area contributed by atoms with E-state index in [1.165, 1.54) is 5.38 Å². The van der Waals surface area contributed by atoms with Crippen LogP contribution in [-0.2, 0) is 16.0 Å². The van der Waals surface area contributed by atoms with Crippen LogP contribution in [0.3, 0.4) is 0 Å². The Kier molecular flexibility index (Phi) is 5.80. The van der Waals surface area contributed by atoms with Crippen LogP contribution in [-0.4, -0.2) is 57.5 Å². The highest BCUT2D eigenvalue weighted by Gasteiger charge is 2.37. The highest BCUT2D eigenvalue weighted by molar-refractivity contribution is 7.14. The van der Waals surface area contributed by atoms with Gasteiger partial charge in [0, 0.05) is 5.38 Å². The Morgan fingerprint density at radius 1 is 1.46 bits per heavy atom. The van der Waals surface area contributed by atoms with Crippen LogP contribution < -0.4 is 15.3 Å². The summed E-state index contributed by atoms with van der Waals surface area (Å²) >= 11 is 1.06. The maximum Gasteiger partial charge on any atom is 0.547 e. The topological polar surface area (TPSA) is 153 Å². The lowest BCUT2D eigenvalue weighted by atomic mass is 9.72. The number of aliphatic carboxylic acids is 1. The zero-order valence-corrected chi connectivity index (χ0v) is 15.6. The molecule has 5 N–H and O–H groups in total. The fourth-order valence-corrected chi connectivity index (χ4v) is 3.46. The summed E-state index contributed by atoms with van der Waals surface area (Å²) in [6.07, 6.45) is 0.338. The number of aryl methyl sites for hydroxylation is 1. The predicted octanol–water partition coefficient (Wildman–Crippen LogP) is 0.266. The number of nitrogens with one attached hydrogen (secondary N) is 2.